The third-order valence-corrected chi connectivity index (χ3v) is 3.34. The number of hydrogen-bond acceptors (Lipinski definition) is 2. The summed E-state index contributed by atoms with van der Waals surface area (Å²) >= 11 is 0. The van der Waals surface area contributed by atoms with Crippen LogP contribution in [0.4, 0.5) is 0 Å². The van der Waals surface area contributed by atoms with Gasteiger partial charge in [-0.2, -0.15) is 0 Å². The van der Waals surface area contributed by atoms with Crippen molar-refractivity contribution in [1.82, 2.24) is 0 Å². The van der Waals surface area contributed by atoms with E-state index in [-0.39, 0.29) is 0 Å². The second-order valence-electron chi connectivity index (χ2n) is 5.44. The van der Waals surface area contributed by atoms with Gasteiger partial charge in [-0.25, -0.2) is 0 Å². The van der Waals surface area contributed by atoms with E-state index in [1.807, 2.05) is 43.3 Å². The first-order chi connectivity index (χ1) is 9.05. The molecule has 0 saturated heterocycles. The van der Waals surface area contributed by atoms with Gasteiger partial charge < -0.3 is 10.2 Å². The van der Waals surface area contributed by atoms with Crippen LogP contribution in [0.2, 0.25) is 0 Å². The zero-order chi connectivity index (χ0) is 14.1. The molecule has 2 N–H and O–H groups in total. The Hall–Kier alpha value is -1.12. The molecule has 0 heterocycles. The van der Waals surface area contributed by atoms with Crippen LogP contribution >= 0.6 is 0 Å². The topological polar surface area (TPSA) is 40.5 Å². The van der Waals surface area contributed by atoms with E-state index in [4.69, 9.17) is 0 Å². The lowest BCUT2D eigenvalue weighted by atomic mass is 9.94. The molecule has 0 aromatic heterocycles. The first-order valence-corrected chi connectivity index (χ1v) is 7.17. The van der Waals surface area contributed by atoms with E-state index in [1.165, 1.54) is 6.42 Å². The second kappa shape index (κ2) is 8.13. The van der Waals surface area contributed by atoms with Crippen LogP contribution in [0.25, 0.3) is 0 Å². The maximum atomic E-state index is 10.2. The molecule has 0 aliphatic heterocycles. The summed E-state index contributed by atoms with van der Waals surface area (Å²) in [7, 11) is 0. The highest BCUT2D eigenvalue weighted by Gasteiger charge is 2.17. The molecule has 0 amide bonds. The first-order valence-electron chi connectivity index (χ1n) is 7.17. The van der Waals surface area contributed by atoms with Crippen LogP contribution < -0.4 is 0 Å². The maximum absolute atomic E-state index is 10.2. The second-order valence-corrected chi connectivity index (χ2v) is 5.44. The van der Waals surface area contributed by atoms with Gasteiger partial charge in [0, 0.05) is 0 Å². The molecule has 0 saturated carbocycles. The average Bonchev–Trinajstić information content (AvgIpc) is 2.39. The predicted molar refractivity (Wildman–Crippen MR) is 79.9 cm³/mol. The Kier molecular flexibility index (Phi) is 6.82. The summed E-state index contributed by atoms with van der Waals surface area (Å²) in [5, 5.41) is 20.2. The normalized spacial score (nSPS) is 16.4. The molecule has 0 aliphatic carbocycles. The Morgan fingerprint density at radius 3 is 2.53 bits per heavy atom. The molecule has 1 aromatic carbocycles. The molecule has 0 radical (unpaired) electrons. The van der Waals surface area contributed by atoms with Crippen LogP contribution in [-0.4, -0.2) is 15.8 Å². The van der Waals surface area contributed by atoms with Gasteiger partial charge >= 0.3 is 0 Å². The smallest absolute Gasteiger partial charge is 0.0971 e. The predicted octanol–water partition coefficient (Wildman–Crippen LogP) is 4.00. The van der Waals surface area contributed by atoms with Gasteiger partial charge in [0.2, 0.25) is 0 Å². The van der Waals surface area contributed by atoms with Gasteiger partial charge in [-0.05, 0) is 25.3 Å². The van der Waals surface area contributed by atoms with E-state index in [0.29, 0.717) is 6.42 Å². The van der Waals surface area contributed by atoms with Gasteiger partial charge in [-0.15, -0.1) is 0 Å². The molecule has 0 aliphatic rings. The molecule has 0 fully saturated rings. The fourth-order valence-electron chi connectivity index (χ4n) is 2.07. The molecule has 0 unspecified atom stereocenters. The SMILES string of the molecule is CCCCC[C@@](C)(O)C/C=C/[C@@H](O)c1ccccc1. The van der Waals surface area contributed by atoms with Crippen molar-refractivity contribution >= 4 is 0 Å². The number of aliphatic hydroxyl groups is 2. The summed E-state index contributed by atoms with van der Waals surface area (Å²) in [4.78, 5) is 0. The van der Waals surface area contributed by atoms with E-state index >= 15 is 0 Å². The lowest BCUT2D eigenvalue weighted by molar-refractivity contribution is 0.0510. The number of aliphatic hydroxyl groups excluding tert-OH is 1. The molecule has 2 nitrogen and oxygen atoms in total. The quantitative estimate of drug-likeness (QED) is 0.549. The van der Waals surface area contributed by atoms with Crippen LogP contribution in [0.15, 0.2) is 42.5 Å². The molecule has 1 rings (SSSR count). The van der Waals surface area contributed by atoms with E-state index in [0.717, 1.165) is 24.8 Å². The average molecular weight is 262 g/mol. The molecule has 106 valence electrons. The maximum Gasteiger partial charge on any atom is 0.0971 e. The zero-order valence-electron chi connectivity index (χ0n) is 12.0. The van der Waals surface area contributed by atoms with Crippen molar-refractivity contribution < 1.29 is 10.2 Å². The lowest BCUT2D eigenvalue weighted by Crippen LogP contribution is -2.22. The fraction of sp³-hybridized carbons (Fsp3) is 0.529. The number of hydrogen-bond donors (Lipinski definition) is 2. The molecule has 2 heteroatoms. The van der Waals surface area contributed by atoms with E-state index < -0.39 is 11.7 Å². The Morgan fingerprint density at radius 1 is 1.21 bits per heavy atom. The van der Waals surface area contributed by atoms with Crippen LogP contribution in [0, 0.1) is 0 Å². The van der Waals surface area contributed by atoms with E-state index in [2.05, 4.69) is 6.92 Å². The molecule has 2 atom stereocenters. The first kappa shape index (κ1) is 15.9. The summed E-state index contributed by atoms with van der Waals surface area (Å²) < 4.78 is 0. The third-order valence-electron chi connectivity index (χ3n) is 3.34. The van der Waals surface area contributed by atoms with Crippen LogP contribution in [0.3, 0.4) is 0 Å². The van der Waals surface area contributed by atoms with Crippen LogP contribution in [0.1, 0.15) is 57.6 Å². The summed E-state index contributed by atoms with van der Waals surface area (Å²) in [6.45, 7) is 4.02. The van der Waals surface area contributed by atoms with Gasteiger partial charge in [0.15, 0.2) is 0 Å². The zero-order valence-corrected chi connectivity index (χ0v) is 12.0. The lowest BCUT2D eigenvalue weighted by Gasteiger charge is -2.21. The van der Waals surface area contributed by atoms with Crippen molar-refractivity contribution in [3.8, 4) is 0 Å². The van der Waals surface area contributed by atoms with Gasteiger partial charge in [-0.1, -0.05) is 68.7 Å². The van der Waals surface area contributed by atoms with Gasteiger partial charge in [-0.3, -0.25) is 0 Å². The molecular weight excluding hydrogens is 236 g/mol. The standard InChI is InChI=1S/C17H26O2/c1-3-4-8-13-17(2,19)14-9-12-16(18)15-10-6-5-7-11-15/h5-7,9-12,16,18-19H,3-4,8,13-14H2,1-2H3/b12-9+/t16-,17-/m1/s1. The summed E-state index contributed by atoms with van der Waals surface area (Å²) in [5.41, 5.74) is 0.214. The van der Waals surface area contributed by atoms with Crippen molar-refractivity contribution in [1.29, 1.82) is 0 Å². The monoisotopic (exact) mass is 262 g/mol. The number of unbranched alkanes of at least 4 members (excludes halogenated alkanes) is 2. The Balaban J connectivity index is 2.40. The van der Waals surface area contributed by atoms with Gasteiger partial charge in [0.1, 0.15) is 0 Å². The van der Waals surface area contributed by atoms with Crippen LogP contribution in [-0.2, 0) is 0 Å². The fourth-order valence-corrected chi connectivity index (χ4v) is 2.07. The highest BCUT2D eigenvalue weighted by molar-refractivity contribution is 5.20. The van der Waals surface area contributed by atoms with Gasteiger partial charge in [0.25, 0.3) is 0 Å². The molecule has 0 spiro atoms. The Morgan fingerprint density at radius 2 is 1.89 bits per heavy atom. The Labute approximate surface area is 116 Å². The molecule has 0 bridgehead atoms. The molecular formula is C17H26O2. The van der Waals surface area contributed by atoms with Crippen molar-refractivity contribution in [2.75, 3.05) is 0 Å². The van der Waals surface area contributed by atoms with Crippen LogP contribution in [0.5, 0.6) is 0 Å². The van der Waals surface area contributed by atoms with Crippen molar-refractivity contribution in [2.45, 2.75) is 57.7 Å². The molecule has 19 heavy (non-hydrogen) atoms. The van der Waals surface area contributed by atoms with Gasteiger partial charge in [0.05, 0.1) is 11.7 Å². The highest BCUT2D eigenvalue weighted by atomic mass is 16.3. The Bertz CT molecular complexity index is 368. The largest absolute Gasteiger partial charge is 0.390 e. The summed E-state index contributed by atoms with van der Waals surface area (Å²) in [6, 6.07) is 9.54. The minimum Gasteiger partial charge on any atom is -0.390 e. The highest BCUT2D eigenvalue weighted by Crippen LogP contribution is 2.20. The minimum atomic E-state index is -0.665. The summed E-state index contributed by atoms with van der Waals surface area (Å²) in [5.74, 6) is 0. The van der Waals surface area contributed by atoms with Crippen molar-refractivity contribution in [3.05, 3.63) is 48.0 Å². The molecule has 1 aromatic rings. The number of rotatable bonds is 8. The third kappa shape index (κ3) is 6.55. The number of benzene rings is 1. The summed E-state index contributed by atoms with van der Waals surface area (Å²) in [6.07, 6.45) is 7.82. The van der Waals surface area contributed by atoms with E-state index in [9.17, 15) is 10.2 Å². The minimum absolute atomic E-state index is 0.584. The van der Waals surface area contributed by atoms with E-state index in [1.54, 1.807) is 6.08 Å². The van der Waals surface area contributed by atoms with Crippen molar-refractivity contribution in [3.63, 3.8) is 0 Å². The van der Waals surface area contributed by atoms with Crippen molar-refractivity contribution in [2.24, 2.45) is 0 Å².